The Morgan fingerprint density at radius 3 is 2.58 bits per heavy atom. The molecule has 1 aliphatic rings. The number of hydrogen-bond acceptors (Lipinski definition) is 4. The van der Waals surface area contributed by atoms with E-state index in [1.807, 2.05) is 81.4 Å². The Kier molecular flexibility index (Phi) is 7.15. The summed E-state index contributed by atoms with van der Waals surface area (Å²) in [5, 5.41) is 17.6. The summed E-state index contributed by atoms with van der Waals surface area (Å²) in [6.07, 6.45) is 2.06. The van der Waals surface area contributed by atoms with Crippen LogP contribution < -0.4 is 10.6 Å². The molecule has 0 unspecified atom stereocenters. The number of pyridine rings is 1. The summed E-state index contributed by atoms with van der Waals surface area (Å²) in [6, 6.07) is 22.7. The predicted molar refractivity (Wildman–Crippen MR) is 153 cm³/mol. The smallest absolute Gasteiger partial charge is 0.226 e. The lowest BCUT2D eigenvalue weighted by molar-refractivity contribution is -0.116. The molecule has 0 saturated carbocycles. The highest BCUT2D eigenvalue weighted by molar-refractivity contribution is 7.80. The highest BCUT2D eigenvalue weighted by atomic mass is 32.1. The number of phenolic OH excluding ortho intramolecular Hbond substituents is 1. The predicted octanol–water partition coefficient (Wildman–Crippen LogP) is 5.50. The normalized spacial score (nSPS) is 16.9. The van der Waals surface area contributed by atoms with Gasteiger partial charge in [0.15, 0.2) is 5.11 Å². The van der Waals surface area contributed by atoms with Crippen LogP contribution in [-0.2, 0) is 4.79 Å². The molecule has 3 heterocycles. The second-order valence-electron chi connectivity index (χ2n) is 9.64. The number of para-hydroxylation sites is 2. The summed E-state index contributed by atoms with van der Waals surface area (Å²) in [4.78, 5) is 19.6. The van der Waals surface area contributed by atoms with E-state index in [9.17, 15) is 9.90 Å². The molecule has 1 saturated heterocycles. The SMILES string of the molecule is Cc1cccc(NC(=O)CCN2C(=S)N[C@@H](c3ccccn3)[C@@H]2c2cc(C)n(-c3ccccc3O)c2C)c1. The fraction of sp³-hybridized carbons (Fsp3) is 0.233. The van der Waals surface area contributed by atoms with Gasteiger partial charge in [-0.3, -0.25) is 9.78 Å². The molecule has 2 aromatic heterocycles. The first-order chi connectivity index (χ1) is 18.3. The van der Waals surface area contributed by atoms with Gasteiger partial charge >= 0.3 is 0 Å². The van der Waals surface area contributed by atoms with Crippen LogP contribution in [0, 0.1) is 20.8 Å². The van der Waals surface area contributed by atoms with Crippen molar-refractivity contribution >= 4 is 28.9 Å². The third kappa shape index (κ3) is 4.99. The Bertz CT molecular complexity index is 1480. The lowest BCUT2D eigenvalue weighted by Crippen LogP contribution is -2.32. The molecule has 3 N–H and O–H groups in total. The zero-order chi connectivity index (χ0) is 26.8. The molecule has 1 aliphatic heterocycles. The van der Waals surface area contributed by atoms with Crippen molar-refractivity contribution in [1.29, 1.82) is 0 Å². The number of aryl methyl sites for hydroxylation is 2. The summed E-state index contributed by atoms with van der Waals surface area (Å²) in [5.74, 6) is 0.144. The standard InChI is InChI=1S/C30H31N5O2S/c1-19-9-8-10-22(17-19)32-27(37)14-16-34-29(28(33-30(34)38)24-11-6-7-15-31-24)23-18-20(2)35(21(23)3)25-12-4-5-13-26(25)36/h4-13,15,17-18,28-29,36H,14,16H2,1-3H3,(H,32,37)(H,33,38)/t28-,29-/m0/s1. The Hall–Kier alpha value is -4.17. The Morgan fingerprint density at radius 2 is 1.84 bits per heavy atom. The van der Waals surface area contributed by atoms with Crippen molar-refractivity contribution in [2.24, 2.45) is 0 Å². The van der Waals surface area contributed by atoms with Gasteiger partial charge < -0.3 is 25.2 Å². The topological polar surface area (TPSA) is 82.4 Å². The molecule has 2 aromatic carbocycles. The number of phenols is 1. The van der Waals surface area contributed by atoms with Gasteiger partial charge in [0.25, 0.3) is 0 Å². The van der Waals surface area contributed by atoms with Gasteiger partial charge in [-0.25, -0.2) is 0 Å². The van der Waals surface area contributed by atoms with Crippen molar-refractivity contribution < 1.29 is 9.90 Å². The van der Waals surface area contributed by atoms with E-state index in [1.54, 1.807) is 12.3 Å². The van der Waals surface area contributed by atoms with E-state index in [0.29, 0.717) is 11.7 Å². The first kappa shape index (κ1) is 25.5. The van der Waals surface area contributed by atoms with Gasteiger partial charge in [-0.05, 0) is 86.6 Å². The van der Waals surface area contributed by atoms with Crippen LogP contribution in [-0.4, -0.2) is 37.1 Å². The van der Waals surface area contributed by atoms with Crippen molar-refractivity contribution in [3.63, 3.8) is 0 Å². The summed E-state index contributed by atoms with van der Waals surface area (Å²) < 4.78 is 2.06. The van der Waals surface area contributed by atoms with Gasteiger partial charge in [0.05, 0.1) is 23.5 Å². The molecule has 2 atom stereocenters. The number of aromatic nitrogens is 2. The minimum Gasteiger partial charge on any atom is -0.506 e. The minimum absolute atomic E-state index is 0.0712. The Labute approximate surface area is 228 Å². The average Bonchev–Trinajstić information content (AvgIpc) is 3.38. The highest BCUT2D eigenvalue weighted by Gasteiger charge is 2.41. The maximum absolute atomic E-state index is 12.9. The number of anilines is 1. The molecule has 5 rings (SSSR count). The first-order valence-corrected chi connectivity index (χ1v) is 13.1. The summed E-state index contributed by atoms with van der Waals surface area (Å²) >= 11 is 5.80. The average molecular weight is 526 g/mol. The molecule has 1 fully saturated rings. The molecule has 0 aliphatic carbocycles. The molecule has 4 aromatic rings. The second-order valence-corrected chi connectivity index (χ2v) is 10.0. The maximum atomic E-state index is 12.9. The number of nitrogens with zero attached hydrogens (tertiary/aromatic N) is 3. The monoisotopic (exact) mass is 525 g/mol. The summed E-state index contributed by atoms with van der Waals surface area (Å²) in [6.45, 7) is 6.52. The van der Waals surface area contributed by atoms with Crippen LogP contribution in [0.15, 0.2) is 79.0 Å². The highest BCUT2D eigenvalue weighted by Crippen LogP contribution is 2.42. The molecule has 0 radical (unpaired) electrons. The van der Waals surface area contributed by atoms with Crippen LogP contribution in [0.3, 0.4) is 0 Å². The number of hydrogen-bond donors (Lipinski definition) is 3. The Balaban J connectivity index is 1.48. The molecule has 0 spiro atoms. The van der Waals surface area contributed by atoms with E-state index in [2.05, 4.69) is 31.2 Å². The van der Waals surface area contributed by atoms with Crippen LogP contribution in [0.1, 0.15) is 46.7 Å². The van der Waals surface area contributed by atoms with Crippen molar-refractivity contribution in [2.45, 2.75) is 39.3 Å². The van der Waals surface area contributed by atoms with Crippen molar-refractivity contribution in [1.82, 2.24) is 19.8 Å². The van der Waals surface area contributed by atoms with E-state index >= 15 is 0 Å². The molecular formula is C30H31N5O2S. The van der Waals surface area contributed by atoms with Crippen molar-refractivity contribution in [3.8, 4) is 11.4 Å². The lowest BCUT2D eigenvalue weighted by atomic mass is 9.96. The third-order valence-corrected chi connectivity index (χ3v) is 7.34. The number of amides is 1. The third-order valence-electron chi connectivity index (χ3n) is 6.99. The van der Waals surface area contributed by atoms with Gasteiger partial charge in [0, 0.05) is 36.2 Å². The van der Waals surface area contributed by atoms with Crippen LogP contribution in [0.2, 0.25) is 0 Å². The largest absolute Gasteiger partial charge is 0.506 e. The molecule has 38 heavy (non-hydrogen) atoms. The van der Waals surface area contributed by atoms with E-state index in [1.165, 1.54) is 0 Å². The number of thiocarbonyl (C=S) groups is 1. The second kappa shape index (κ2) is 10.7. The van der Waals surface area contributed by atoms with Crippen LogP contribution in [0.4, 0.5) is 5.69 Å². The zero-order valence-electron chi connectivity index (χ0n) is 21.7. The van der Waals surface area contributed by atoms with Crippen LogP contribution in [0.5, 0.6) is 5.75 Å². The zero-order valence-corrected chi connectivity index (χ0v) is 22.5. The molecule has 1 amide bonds. The van der Waals surface area contributed by atoms with Crippen LogP contribution >= 0.6 is 12.2 Å². The lowest BCUT2D eigenvalue weighted by Gasteiger charge is -2.28. The fourth-order valence-corrected chi connectivity index (χ4v) is 5.60. The van der Waals surface area contributed by atoms with Crippen molar-refractivity contribution in [3.05, 3.63) is 107 Å². The molecule has 0 bridgehead atoms. The van der Waals surface area contributed by atoms with Gasteiger partial charge in [0.2, 0.25) is 5.91 Å². The van der Waals surface area contributed by atoms with E-state index in [-0.39, 0.29) is 30.2 Å². The van der Waals surface area contributed by atoms with E-state index in [4.69, 9.17) is 12.2 Å². The van der Waals surface area contributed by atoms with E-state index < -0.39 is 0 Å². The van der Waals surface area contributed by atoms with E-state index in [0.717, 1.165) is 39.6 Å². The van der Waals surface area contributed by atoms with Gasteiger partial charge in [-0.15, -0.1) is 0 Å². The number of aromatic hydroxyl groups is 1. The fourth-order valence-electron chi connectivity index (χ4n) is 5.26. The number of carbonyl (C=O) groups is 1. The minimum atomic E-state index is -0.193. The summed E-state index contributed by atoms with van der Waals surface area (Å²) in [7, 11) is 0. The quantitative estimate of drug-likeness (QED) is 0.276. The van der Waals surface area contributed by atoms with Gasteiger partial charge in [-0.1, -0.05) is 30.3 Å². The number of carbonyl (C=O) groups excluding carboxylic acids is 1. The van der Waals surface area contributed by atoms with Crippen LogP contribution in [0.25, 0.3) is 5.69 Å². The van der Waals surface area contributed by atoms with Crippen molar-refractivity contribution in [2.75, 3.05) is 11.9 Å². The maximum Gasteiger partial charge on any atom is 0.226 e. The molecule has 7 nitrogen and oxygen atoms in total. The van der Waals surface area contributed by atoms with Gasteiger partial charge in [0.1, 0.15) is 5.75 Å². The molecule has 8 heteroatoms. The Morgan fingerprint density at radius 1 is 1.05 bits per heavy atom. The first-order valence-electron chi connectivity index (χ1n) is 12.7. The van der Waals surface area contributed by atoms with Gasteiger partial charge in [-0.2, -0.15) is 0 Å². The molecule has 194 valence electrons. The number of rotatable bonds is 7. The number of benzene rings is 2. The number of nitrogens with one attached hydrogen (secondary N) is 2. The molecular weight excluding hydrogens is 494 g/mol. The summed E-state index contributed by atoms with van der Waals surface area (Å²) in [5.41, 5.74) is 6.52.